The lowest BCUT2D eigenvalue weighted by atomic mass is 10.1. The first-order valence-electron chi connectivity index (χ1n) is 9.47. The molecule has 0 spiro atoms. The van der Waals surface area contributed by atoms with Crippen molar-refractivity contribution in [1.82, 2.24) is 4.90 Å². The highest BCUT2D eigenvalue weighted by Crippen LogP contribution is 2.31. The number of para-hydroxylation sites is 1. The third kappa shape index (κ3) is 7.44. The molecule has 31 heavy (non-hydrogen) atoms. The Bertz CT molecular complexity index is 873. The Morgan fingerprint density at radius 3 is 2.35 bits per heavy atom. The highest BCUT2D eigenvalue weighted by molar-refractivity contribution is 5.80. The van der Waals surface area contributed by atoms with Crippen LogP contribution in [0.1, 0.15) is 17.5 Å². The minimum Gasteiger partial charge on any atom is -0.493 e. The maximum absolute atomic E-state index is 12.2. The number of ether oxygens (including phenoxy) is 4. The molecule has 0 bridgehead atoms. The summed E-state index contributed by atoms with van der Waals surface area (Å²) in [6, 6.07) is 11.3. The van der Waals surface area contributed by atoms with E-state index in [-0.39, 0.29) is 24.6 Å². The number of benzene rings is 2. The fourth-order valence-corrected chi connectivity index (χ4v) is 2.85. The quantitative estimate of drug-likeness (QED) is 0.502. The molecule has 0 aromatic heterocycles. The van der Waals surface area contributed by atoms with Crippen LogP contribution in [0.3, 0.4) is 0 Å². The van der Waals surface area contributed by atoms with E-state index in [1.54, 1.807) is 31.3 Å². The van der Waals surface area contributed by atoms with Crippen molar-refractivity contribution in [1.29, 1.82) is 0 Å². The van der Waals surface area contributed by atoms with Crippen molar-refractivity contribution in [3.05, 3.63) is 53.6 Å². The van der Waals surface area contributed by atoms with Crippen LogP contribution in [-0.2, 0) is 27.3 Å². The fourth-order valence-electron chi connectivity index (χ4n) is 2.85. The molecule has 9 heteroatoms. The van der Waals surface area contributed by atoms with E-state index in [0.29, 0.717) is 23.5 Å². The van der Waals surface area contributed by atoms with Crippen molar-refractivity contribution >= 4 is 11.9 Å². The number of hydrogen-bond donors (Lipinski definition) is 0. The number of rotatable bonds is 11. The van der Waals surface area contributed by atoms with Gasteiger partial charge in [-0.05, 0) is 35.7 Å². The van der Waals surface area contributed by atoms with E-state index >= 15 is 0 Å². The molecule has 168 valence electrons. The van der Waals surface area contributed by atoms with Crippen LogP contribution in [-0.4, -0.2) is 51.3 Å². The zero-order valence-corrected chi connectivity index (χ0v) is 17.6. The Labute approximate surface area is 179 Å². The number of esters is 1. The number of amides is 1. The number of hydrogen-bond acceptors (Lipinski definition) is 6. The second kappa shape index (κ2) is 11.7. The number of methoxy groups -OCH3 is 2. The van der Waals surface area contributed by atoms with Crippen molar-refractivity contribution in [2.75, 3.05) is 27.9 Å². The molecule has 0 radical (unpaired) electrons. The number of carbonyl (C=O) groups excluding carboxylic acids is 2. The van der Waals surface area contributed by atoms with Gasteiger partial charge in [0, 0.05) is 20.0 Å². The monoisotopic (exact) mass is 437 g/mol. The molecular formula is C22H25F2NO6. The predicted octanol–water partition coefficient (Wildman–Crippen LogP) is 3.44. The van der Waals surface area contributed by atoms with Crippen molar-refractivity contribution in [2.45, 2.75) is 26.0 Å². The van der Waals surface area contributed by atoms with Crippen LogP contribution in [0, 0.1) is 0 Å². The summed E-state index contributed by atoms with van der Waals surface area (Å²) in [5.41, 5.74) is 1.51. The normalized spacial score (nSPS) is 10.5. The van der Waals surface area contributed by atoms with Crippen LogP contribution in [0.2, 0.25) is 0 Å². The van der Waals surface area contributed by atoms with Gasteiger partial charge in [0.1, 0.15) is 5.75 Å². The SMILES string of the molecule is COc1cccc(CCC(=O)OCC(=O)N(C)Cc2ccc(OC(F)F)cc2)c1OC. The number of nitrogens with zero attached hydrogens (tertiary/aromatic N) is 1. The molecule has 0 fully saturated rings. The Hall–Kier alpha value is -3.36. The Balaban J connectivity index is 1.79. The van der Waals surface area contributed by atoms with E-state index in [1.807, 2.05) is 6.07 Å². The third-order valence-corrected chi connectivity index (χ3v) is 4.43. The minimum absolute atomic E-state index is 0.0364. The van der Waals surface area contributed by atoms with Crippen molar-refractivity contribution in [2.24, 2.45) is 0 Å². The summed E-state index contributed by atoms with van der Waals surface area (Å²) in [7, 11) is 4.61. The standard InChI is InChI=1S/C22H25F2NO6/c1-25(13-15-7-10-17(11-8-15)31-22(23)24)19(26)14-30-20(27)12-9-16-5-4-6-18(28-2)21(16)29-3/h4-8,10-11,22H,9,12-14H2,1-3H3. The molecule has 2 aromatic carbocycles. The summed E-state index contributed by atoms with van der Waals surface area (Å²) in [5.74, 6) is 0.257. The van der Waals surface area contributed by atoms with Gasteiger partial charge in [0.25, 0.3) is 5.91 Å². The number of alkyl halides is 2. The van der Waals surface area contributed by atoms with Crippen LogP contribution >= 0.6 is 0 Å². The van der Waals surface area contributed by atoms with Gasteiger partial charge in [0.2, 0.25) is 0 Å². The second-order valence-corrected chi connectivity index (χ2v) is 6.59. The lowest BCUT2D eigenvalue weighted by Gasteiger charge is -2.17. The van der Waals surface area contributed by atoms with E-state index in [2.05, 4.69) is 4.74 Å². The Morgan fingerprint density at radius 2 is 1.74 bits per heavy atom. The largest absolute Gasteiger partial charge is 0.493 e. The van der Waals surface area contributed by atoms with E-state index in [0.717, 1.165) is 5.56 Å². The zero-order valence-electron chi connectivity index (χ0n) is 17.6. The van der Waals surface area contributed by atoms with Gasteiger partial charge in [-0.25, -0.2) is 0 Å². The highest BCUT2D eigenvalue weighted by Gasteiger charge is 2.15. The topological polar surface area (TPSA) is 74.3 Å². The second-order valence-electron chi connectivity index (χ2n) is 6.59. The average Bonchev–Trinajstić information content (AvgIpc) is 2.76. The van der Waals surface area contributed by atoms with Crippen LogP contribution in [0.5, 0.6) is 17.2 Å². The summed E-state index contributed by atoms with van der Waals surface area (Å²) in [6.45, 7) is -3.06. The molecule has 0 heterocycles. The number of likely N-dealkylation sites (N-methyl/N-ethyl adjacent to an activating group) is 1. The first kappa shape index (κ1) is 23.9. The maximum atomic E-state index is 12.2. The van der Waals surface area contributed by atoms with Gasteiger partial charge in [0.15, 0.2) is 18.1 Å². The lowest BCUT2D eigenvalue weighted by Crippen LogP contribution is -2.30. The first-order valence-corrected chi connectivity index (χ1v) is 9.47. The average molecular weight is 437 g/mol. The number of carbonyl (C=O) groups is 2. The van der Waals surface area contributed by atoms with Crippen molar-refractivity contribution < 1.29 is 37.3 Å². The number of halogens is 2. The third-order valence-electron chi connectivity index (χ3n) is 4.43. The minimum atomic E-state index is -2.89. The van der Waals surface area contributed by atoms with Crippen molar-refractivity contribution in [3.8, 4) is 17.2 Å². The molecule has 0 aliphatic carbocycles. The summed E-state index contributed by atoms with van der Waals surface area (Å²) < 4.78 is 44.3. The van der Waals surface area contributed by atoms with Gasteiger partial charge in [-0.2, -0.15) is 8.78 Å². The molecule has 7 nitrogen and oxygen atoms in total. The van der Waals surface area contributed by atoms with Crippen LogP contribution in [0.4, 0.5) is 8.78 Å². The van der Waals surface area contributed by atoms with Gasteiger partial charge in [-0.15, -0.1) is 0 Å². The van der Waals surface area contributed by atoms with E-state index in [9.17, 15) is 18.4 Å². The molecule has 0 aliphatic heterocycles. The van der Waals surface area contributed by atoms with Crippen LogP contribution < -0.4 is 14.2 Å². The molecule has 2 rings (SSSR count). The predicted molar refractivity (Wildman–Crippen MR) is 108 cm³/mol. The molecular weight excluding hydrogens is 412 g/mol. The summed E-state index contributed by atoms with van der Waals surface area (Å²) in [5, 5.41) is 0. The Morgan fingerprint density at radius 1 is 1.03 bits per heavy atom. The molecule has 2 aromatic rings. The zero-order chi connectivity index (χ0) is 22.8. The van der Waals surface area contributed by atoms with Crippen LogP contribution in [0.25, 0.3) is 0 Å². The summed E-state index contributed by atoms with van der Waals surface area (Å²) >= 11 is 0. The van der Waals surface area contributed by atoms with E-state index in [1.165, 1.54) is 31.3 Å². The Kier molecular flexibility index (Phi) is 9.05. The molecule has 1 amide bonds. The number of aryl methyl sites for hydroxylation is 1. The molecule has 0 atom stereocenters. The van der Waals surface area contributed by atoms with E-state index in [4.69, 9.17) is 14.2 Å². The molecule has 0 saturated heterocycles. The molecule has 0 aliphatic rings. The summed E-state index contributed by atoms with van der Waals surface area (Å²) in [4.78, 5) is 25.6. The van der Waals surface area contributed by atoms with Gasteiger partial charge in [0.05, 0.1) is 14.2 Å². The van der Waals surface area contributed by atoms with Crippen molar-refractivity contribution in [3.63, 3.8) is 0 Å². The fraction of sp³-hybridized carbons (Fsp3) is 0.364. The smallest absolute Gasteiger partial charge is 0.387 e. The van der Waals surface area contributed by atoms with Gasteiger partial charge in [-0.1, -0.05) is 24.3 Å². The van der Waals surface area contributed by atoms with Gasteiger partial charge >= 0.3 is 12.6 Å². The molecule has 0 N–H and O–H groups in total. The van der Waals surface area contributed by atoms with Gasteiger partial charge < -0.3 is 23.8 Å². The van der Waals surface area contributed by atoms with Crippen LogP contribution in [0.15, 0.2) is 42.5 Å². The first-order chi connectivity index (χ1) is 14.8. The van der Waals surface area contributed by atoms with E-state index < -0.39 is 19.2 Å². The summed E-state index contributed by atoms with van der Waals surface area (Å²) in [6.07, 6.45) is 0.447. The lowest BCUT2D eigenvalue weighted by molar-refractivity contribution is -0.151. The highest BCUT2D eigenvalue weighted by atomic mass is 19.3. The van der Waals surface area contributed by atoms with Gasteiger partial charge in [-0.3, -0.25) is 9.59 Å². The molecule has 0 saturated carbocycles. The maximum Gasteiger partial charge on any atom is 0.387 e. The molecule has 0 unspecified atom stereocenters.